The zero-order valence-electron chi connectivity index (χ0n) is 15.3. The third-order valence-electron chi connectivity index (χ3n) is 5.66. The van der Waals surface area contributed by atoms with Gasteiger partial charge in [-0.05, 0) is 50.2 Å². The van der Waals surface area contributed by atoms with E-state index in [9.17, 15) is 13.2 Å². The van der Waals surface area contributed by atoms with Crippen molar-refractivity contribution in [2.75, 3.05) is 32.8 Å². The van der Waals surface area contributed by atoms with E-state index in [1.54, 1.807) is 36.5 Å². The smallest absolute Gasteiger partial charge is 0.252 e. The molecule has 3 heterocycles. The number of hydrogen-bond acceptors (Lipinski definition) is 5. The number of ether oxygens (including phenoxy) is 1. The molecule has 26 heavy (non-hydrogen) atoms. The summed E-state index contributed by atoms with van der Waals surface area (Å²) in [5, 5.41) is 2.53. The summed E-state index contributed by atoms with van der Waals surface area (Å²) in [6.45, 7) is 6.13. The van der Waals surface area contributed by atoms with Crippen molar-refractivity contribution in [2.45, 2.75) is 31.9 Å². The topological polar surface area (TPSA) is 88.6 Å². The molecule has 1 aromatic rings. The van der Waals surface area contributed by atoms with Crippen LogP contribution >= 0.6 is 0 Å². The molecule has 0 saturated carbocycles. The molecule has 7 nitrogen and oxygen atoms in total. The van der Waals surface area contributed by atoms with E-state index < -0.39 is 15.3 Å². The van der Waals surface area contributed by atoms with Crippen molar-refractivity contribution in [1.29, 1.82) is 0 Å². The Morgan fingerprint density at radius 2 is 2.15 bits per heavy atom. The lowest BCUT2D eigenvalue weighted by molar-refractivity contribution is 0.00159. The van der Waals surface area contributed by atoms with Gasteiger partial charge in [0.05, 0.1) is 10.8 Å². The fourth-order valence-corrected chi connectivity index (χ4v) is 5.34. The number of nitrogens with zero attached hydrogens (tertiary/aromatic N) is 2. The number of nitrogens with one attached hydrogen (secondary N) is 1. The summed E-state index contributed by atoms with van der Waals surface area (Å²) in [5.41, 5.74) is 0.390. The molecular weight excluding hydrogens is 354 g/mol. The van der Waals surface area contributed by atoms with Gasteiger partial charge in [0.15, 0.2) is 0 Å². The molecule has 1 aromatic heterocycles. The normalized spacial score (nSPS) is 23.4. The van der Waals surface area contributed by atoms with Gasteiger partial charge in [-0.15, -0.1) is 0 Å². The lowest BCUT2D eigenvalue weighted by atomic mass is 9.72. The predicted molar refractivity (Wildman–Crippen MR) is 98.2 cm³/mol. The maximum Gasteiger partial charge on any atom is 0.252 e. The van der Waals surface area contributed by atoms with Crippen molar-refractivity contribution in [2.24, 2.45) is 11.3 Å². The van der Waals surface area contributed by atoms with Gasteiger partial charge >= 0.3 is 0 Å². The lowest BCUT2D eigenvalue weighted by Gasteiger charge is -2.38. The first-order valence-electron chi connectivity index (χ1n) is 9.10. The minimum Gasteiger partial charge on any atom is -0.381 e. The monoisotopic (exact) mass is 381 g/mol. The number of rotatable bonds is 5. The highest BCUT2D eigenvalue weighted by atomic mass is 32.2. The molecule has 0 bridgehead atoms. The summed E-state index contributed by atoms with van der Waals surface area (Å²) in [6, 6.07) is 3.44. The van der Waals surface area contributed by atoms with E-state index in [-0.39, 0.29) is 17.2 Å². The maximum atomic E-state index is 12.7. The number of hydrogen-bond donors (Lipinski definition) is 1. The quantitative estimate of drug-likeness (QED) is 0.830. The second kappa shape index (κ2) is 7.62. The Balaban J connectivity index is 1.74. The number of amides is 1. The zero-order chi connectivity index (χ0) is 18.8. The number of carbonyl (C=O) groups is 1. The Hall–Kier alpha value is -1.51. The summed E-state index contributed by atoms with van der Waals surface area (Å²) < 4.78 is 32.4. The molecule has 1 unspecified atom stereocenters. The average molecular weight is 381 g/mol. The van der Waals surface area contributed by atoms with E-state index in [4.69, 9.17) is 4.74 Å². The summed E-state index contributed by atoms with van der Waals surface area (Å²) in [7, 11) is -3.31. The molecule has 1 N–H and O–H groups in total. The SMILES string of the molecule is CC(C)S(=O)(=O)N1CC(CNC(=O)c2cccnc2)C2(CCOCC2)C1. The number of sulfonamides is 1. The van der Waals surface area contributed by atoms with Crippen LogP contribution in [0.2, 0.25) is 0 Å². The minimum atomic E-state index is -3.31. The Morgan fingerprint density at radius 1 is 1.42 bits per heavy atom. The van der Waals surface area contributed by atoms with Crippen LogP contribution in [0.4, 0.5) is 0 Å². The summed E-state index contributed by atoms with van der Waals surface area (Å²) in [6.07, 6.45) is 4.80. The molecular formula is C18H27N3O4S. The lowest BCUT2D eigenvalue weighted by Crippen LogP contribution is -2.42. The minimum absolute atomic E-state index is 0.0838. The molecule has 2 fully saturated rings. The molecule has 144 valence electrons. The van der Waals surface area contributed by atoms with Gasteiger partial charge in [0, 0.05) is 45.2 Å². The van der Waals surface area contributed by atoms with Gasteiger partial charge < -0.3 is 10.1 Å². The van der Waals surface area contributed by atoms with E-state index in [2.05, 4.69) is 10.3 Å². The van der Waals surface area contributed by atoms with Crippen molar-refractivity contribution in [3.05, 3.63) is 30.1 Å². The second-order valence-electron chi connectivity index (χ2n) is 7.51. The van der Waals surface area contributed by atoms with Crippen molar-refractivity contribution >= 4 is 15.9 Å². The van der Waals surface area contributed by atoms with E-state index >= 15 is 0 Å². The van der Waals surface area contributed by atoms with Crippen LogP contribution in [0.3, 0.4) is 0 Å². The molecule has 0 aromatic carbocycles. The van der Waals surface area contributed by atoms with E-state index in [1.165, 1.54) is 6.20 Å². The molecule has 3 rings (SSSR count). The van der Waals surface area contributed by atoms with Crippen LogP contribution in [-0.4, -0.2) is 61.7 Å². The van der Waals surface area contributed by atoms with E-state index in [0.29, 0.717) is 38.4 Å². The highest BCUT2D eigenvalue weighted by Crippen LogP contribution is 2.45. The molecule has 1 spiro atoms. The second-order valence-corrected chi connectivity index (χ2v) is 10.00. The fraction of sp³-hybridized carbons (Fsp3) is 0.667. The molecule has 1 amide bonds. The van der Waals surface area contributed by atoms with Crippen molar-refractivity contribution in [1.82, 2.24) is 14.6 Å². The van der Waals surface area contributed by atoms with Crippen LogP contribution in [0.5, 0.6) is 0 Å². The van der Waals surface area contributed by atoms with Crippen LogP contribution in [0.15, 0.2) is 24.5 Å². The first-order valence-corrected chi connectivity index (χ1v) is 10.6. The van der Waals surface area contributed by atoms with Gasteiger partial charge in [-0.25, -0.2) is 12.7 Å². The Morgan fingerprint density at radius 3 is 2.77 bits per heavy atom. The van der Waals surface area contributed by atoms with Gasteiger partial charge in [-0.1, -0.05) is 0 Å². The number of pyridine rings is 1. The van der Waals surface area contributed by atoms with E-state index in [0.717, 1.165) is 12.8 Å². The Bertz CT molecular complexity index is 730. The summed E-state index contributed by atoms with van der Waals surface area (Å²) in [5.74, 6) is -0.0916. The van der Waals surface area contributed by atoms with Gasteiger partial charge in [0.1, 0.15) is 0 Å². The highest BCUT2D eigenvalue weighted by molar-refractivity contribution is 7.89. The van der Waals surface area contributed by atoms with Crippen LogP contribution in [-0.2, 0) is 14.8 Å². The fourth-order valence-electron chi connectivity index (χ4n) is 3.92. The Kier molecular flexibility index (Phi) is 5.64. The van der Waals surface area contributed by atoms with Gasteiger partial charge in [0.25, 0.3) is 5.91 Å². The number of aromatic nitrogens is 1. The van der Waals surface area contributed by atoms with Crippen LogP contribution in [0, 0.1) is 11.3 Å². The molecule has 0 radical (unpaired) electrons. The maximum absolute atomic E-state index is 12.7. The predicted octanol–water partition coefficient (Wildman–Crippen LogP) is 1.28. The summed E-state index contributed by atoms with van der Waals surface area (Å²) >= 11 is 0. The summed E-state index contributed by atoms with van der Waals surface area (Å²) in [4.78, 5) is 16.3. The van der Waals surface area contributed by atoms with Gasteiger partial charge in [-0.3, -0.25) is 9.78 Å². The third kappa shape index (κ3) is 3.77. The van der Waals surface area contributed by atoms with Gasteiger partial charge in [-0.2, -0.15) is 0 Å². The van der Waals surface area contributed by atoms with Crippen LogP contribution < -0.4 is 5.32 Å². The molecule has 8 heteroatoms. The first-order chi connectivity index (χ1) is 12.3. The highest BCUT2D eigenvalue weighted by Gasteiger charge is 2.50. The van der Waals surface area contributed by atoms with Crippen molar-refractivity contribution < 1.29 is 17.9 Å². The molecule has 0 aliphatic carbocycles. The molecule has 1 atom stereocenters. The Labute approximate surface area is 155 Å². The first kappa shape index (κ1) is 19.3. The van der Waals surface area contributed by atoms with Crippen LogP contribution in [0.25, 0.3) is 0 Å². The van der Waals surface area contributed by atoms with Crippen LogP contribution in [0.1, 0.15) is 37.0 Å². The third-order valence-corrected chi connectivity index (χ3v) is 7.85. The largest absolute Gasteiger partial charge is 0.381 e. The molecule has 2 saturated heterocycles. The average Bonchev–Trinajstić information content (AvgIpc) is 2.99. The molecule has 2 aliphatic heterocycles. The number of carbonyl (C=O) groups excluding carboxylic acids is 1. The van der Waals surface area contributed by atoms with Gasteiger partial charge in [0.2, 0.25) is 10.0 Å². The zero-order valence-corrected chi connectivity index (χ0v) is 16.2. The van der Waals surface area contributed by atoms with Crippen molar-refractivity contribution in [3.63, 3.8) is 0 Å². The molecule has 2 aliphatic rings. The standard InChI is InChI=1S/C18H27N3O4S/c1-14(2)26(23,24)21-12-16(18(13-21)5-8-25-9-6-18)11-20-17(22)15-4-3-7-19-10-15/h3-4,7,10,14,16H,5-6,8-9,11-13H2,1-2H3,(H,20,22). The van der Waals surface area contributed by atoms with E-state index in [1.807, 2.05) is 0 Å². The van der Waals surface area contributed by atoms with Crippen molar-refractivity contribution in [3.8, 4) is 0 Å².